The first kappa shape index (κ1) is 17.2. The lowest BCUT2D eigenvalue weighted by Gasteiger charge is -2.24. The van der Waals surface area contributed by atoms with Crippen molar-refractivity contribution in [1.29, 1.82) is 0 Å². The van der Waals surface area contributed by atoms with Crippen molar-refractivity contribution in [2.24, 2.45) is 0 Å². The number of nitrogens with one attached hydrogen (secondary N) is 2. The molecule has 19 heavy (non-hydrogen) atoms. The first-order valence-electron chi connectivity index (χ1n) is 6.07. The summed E-state index contributed by atoms with van der Waals surface area (Å²) in [6.45, 7) is 5.48. The van der Waals surface area contributed by atoms with Crippen LogP contribution in [0.3, 0.4) is 0 Å². The SMILES string of the molecule is CNC(=O)CNC(=O)CCN(C)C(=O)OC(C)(C)C. The molecule has 0 aliphatic rings. The molecule has 0 bridgehead atoms. The smallest absolute Gasteiger partial charge is 0.410 e. The van der Waals surface area contributed by atoms with Crippen LogP contribution < -0.4 is 10.6 Å². The third kappa shape index (κ3) is 8.87. The van der Waals surface area contributed by atoms with Crippen molar-refractivity contribution in [2.45, 2.75) is 32.8 Å². The molecular formula is C12H23N3O4. The number of carbonyl (C=O) groups is 3. The molecule has 0 aliphatic carbocycles. The lowest BCUT2D eigenvalue weighted by molar-refractivity contribution is -0.126. The van der Waals surface area contributed by atoms with Crippen LogP contribution in [0.2, 0.25) is 0 Å². The fourth-order valence-electron chi connectivity index (χ4n) is 1.06. The van der Waals surface area contributed by atoms with E-state index in [-0.39, 0.29) is 31.3 Å². The molecule has 2 N–H and O–H groups in total. The normalized spacial score (nSPS) is 10.6. The summed E-state index contributed by atoms with van der Waals surface area (Å²) < 4.78 is 5.14. The highest BCUT2D eigenvalue weighted by molar-refractivity contribution is 5.84. The van der Waals surface area contributed by atoms with Crippen LogP contribution in [0.4, 0.5) is 4.79 Å². The Morgan fingerprint density at radius 1 is 1.16 bits per heavy atom. The maximum Gasteiger partial charge on any atom is 0.410 e. The van der Waals surface area contributed by atoms with E-state index in [1.54, 1.807) is 27.8 Å². The number of amides is 3. The zero-order chi connectivity index (χ0) is 15.1. The van der Waals surface area contributed by atoms with Gasteiger partial charge in [0.1, 0.15) is 5.60 Å². The molecular weight excluding hydrogens is 250 g/mol. The molecule has 0 fully saturated rings. The van der Waals surface area contributed by atoms with Crippen molar-refractivity contribution in [3.8, 4) is 0 Å². The summed E-state index contributed by atoms with van der Waals surface area (Å²) in [5.74, 6) is -0.562. The molecule has 0 aromatic heterocycles. The van der Waals surface area contributed by atoms with Crippen molar-refractivity contribution >= 4 is 17.9 Å². The van der Waals surface area contributed by atoms with Gasteiger partial charge in [-0.25, -0.2) is 4.79 Å². The second-order valence-corrected chi connectivity index (χ2v) is 5.10. The molecule has 0 atom stereocenters. The van der Waals surface area contributed by atoms with E-state index in [9.17, 15) is 14.4 Å². The van der Waals surface area contributed by atoms with Gasteiger partial charge in [0.15, 0.2) is 0 Å². The van der Waals surface area contributed by atoms with Crippen molar-refractivity contribution in [3.05, 3.63) is 0 Å². The molecule has 0 spiro atoms. The van der Waals surface area contributed by atoms with Gasteiger partial charge < -0.3 is 20.3 Å². The third-order valence-electron chi connectivity index (χ3n) is 2.10. The van der Waals surface area contributed by atoms with E-state index in [0.29, 0.717) is 0 Å². The van der Waals surface area contributed by atoms with E-state index < -0.39 is 11.7 Å². The largest absolute Gasteiger partial charge is 0.444 e. The highest BCUT2D eigenvalue weighted by atomic mass is 16.6. The minimum Gasteiger partial charge on any atom is -0.444 e. The molecule has 0 aromatic rings. The zero-order valence-electron chi connectivity index (χ0n) is 12.2. The average Bonchev–Trinajstić information content (AvgIpc) is 2.30. The van der Waals surface area contributed by atoms with Gasteiger partial charge in [0.2, 0.25) is 11.8 Å². The second-order valence-electron chi connectivity index (χ2n) is 5.10. The van der Waals surface area contributed by atoms with E-state index in [1.807, 2.05) is 0 Å². The molecule has 0 unspecified atom stereocenters. The summed E-state index contributed by atoms with van der Waals surface area (Å²) >= 11 is 0. The number of ether oxygens (including phenoxy) is 1. The van der Waals surface area contributed by atoms with Crippen molar-refractivity contribution in [3.63, 3.8) is 0 Å². The Morgan fingerprint density at radius 2 is 1.74 bits per heavy atom. The first-order valence-corrected chi connectivity index (χ1v) is 6.07. The summed E-state index contributed by atoms with van der Waals surface area (Å²) in [6.07, 6.45) is -0.362. The Bertz CT molecular complexity index is 336. The summed E-state index contributed by atoms with van der Waals surface area (Å²) in [5.41, 5.74) is -0.563. The van der Waals surface area contributed by atoms with Crippen LogP contribution in [-0.2, 0) is 14.3 Å². The molecule has 0 aromatic carbocycles. The minimum atomic E-state index is -0.563. The van der Waals surface area contributed by atoms with Crippen LogP contribution in [0.1, 0.15) is 27.2 Å². The van der Waals surface area contributed by atoms with Gasteiger partial charge in [-0.1, -0.05) is 0 Å². The van der Waals surface area contributed by atoms with Crippen LogP contribution in [-0.4, -0.2) is 55.6 Å². The van der Waals surface area contributed by atoms with Gasteiger partial charge in [-0.05, 0) is 20.8 Å². The Labute approximate surface area is 113 Å². The van der Waals surface area contributed by atoms with Gasteiger partial charge in [0.05, 0.1) is 6.54 Å². The van der Waals surface area contributed by atoms with Gasteiger partial charge in [-0.15, -0.1) is 0 Å². The Kier molecular flexibility index (Phi) is 6.89. The van der Waals surface area contributed by atoms with Gasteiger partial charge in [0.25, 0.3) is 0 Å². The maximum atomic E-state index is 11.6. The molecule has 7 heteroatoms. The third-order valence-corrected chi connectivity index (χ3v) is 2.10. The number of likely N-dealkylation sites (N-methyl/N-ethyl adjacent to an activating group) is 1. The topological polar surface area (TPSA) is 87.7 Å². The number of carbonyl (C=O) groups excluding carboxylic acids is 3. The number of hydrogen-bond donors (Lipinski definition) is 2. The van der Waals surface area contributed by atoms with Gasteiger partial charge in [-0.2, -0.15) is 0 Å². The summed E-state index contributed by atoms with van der Waals surface area (Å²) in [5, 5.41) is 4.84. The molecule has 110 valence electrons. The van der Waals surface area contributed by atoms with Crippen molar-refractivity contribution in [1.82, 2.24) is 15.5 Å². The molecule has 0 saturated carbocycles. The first-order chi connectivity index (χ1) is 8.65. The number of rotatable bonds is 5. The standard InChI is InChI=1S/C12H23N3O4/c1-12(2,3)19-11(18)15(5)7-6-9(16)14-8-10(17)13-4/h6-8H2,1-5H3,(H,13,17)(H,14,16). The lowest BCUT2D eigenvalue weighted by Crippen LogP contribution is -2.38. The minimum absolute atomic E-state index is 0.0640. The quantitative estimate of drug-likeness (QED) is 0.744. The van der Waals surface area contributed by atoms with Crippen LogP contribution >= 0.6 is 0 Å². The number of hydrogen-bond acceptors (Lipinski definition) is 4. The Balaban J connectivity index is 3.95. The van der Waals surface area contributed by atoms with Crippen LogP contribution in [0.25, 0.3) is 0 Å². The Morgan fingerprint density at radius 3 is 2.21 bits per heavy atom. The highest BCUT2D eigenvalue weighted by Gasteiger charge is 2.19. The van der Waals surface area contributed by atoms with Crippen LogP contribution in [0, 0.1) is 0 Å². The average molecular weight is 273 g/mol. The molecule has 0 aliphatic heterocycles. The summed E-state index contributed by atoms with van der Waals surface area (Å²) in [4.78, 5) is 35.2. The van der Waals surface area contributed by atoms with E-state index in [1.165, 1.54) is 11.9 Å². The molecule has 7 nitrogen and oxygen atoms in total. The van der Waals surface area contributed by atoms with E-state index in [4.69, 9.17) is 4.74 Å². The fraction of sp³-hybridized carbons (Fsp3) is 0.750. The number of nitrogens with zero attached hydrogens (tertiary/aromatic N) is 1. The van der Waals surface area contributed by atoms with Crippen molar-refractivity contribution < 1.29 is 19.1 Å². The van der Waals surface area contributed by atoms with Gasteiger partial charge >= 0.3 is 6.09 Å². The molecule has 0 radical (unpaired) electrons. The monoisotopic (exact) mass is 273 g/mol. The molecule has 0 saturated heterocycles. The van der Waals surface area contributed by atoms with Crippen LogP contribution in [0.5, 0.6) is 0 Å². The zero-order valence-corrected chi connectivity index (χ0v) is 12.2. The summed E-state index contributed by atoms with van der Waals surface area (Å²) in [7, 11) is 3.05. The molecule has 0 heterocycles. The maximum absolute atomic E-state index is 11.6. The predicted octanol–water partition coefficient (Wildman–Crippen LogP) is 0.106. The predicted molar refractivity (Wildman–Crippen MR) is 70.6 cm³/mol. The van der Waals surface area contributed by atoms with E-state index in [0.717, 1.165) is 0 Å². The van der Waals surface area contributed by atoms with Crippen molar-refractivity contribution in [2.75, 3.05) is 27.2 Å². The lowest BCUT2D eigenvalue weighted by atomic mass is 10.2. The van der Waals surface area contributed by atoms with Gasteiger partial charge in [0, 0.05) is 27.1 Å². The molecule has 3 amide bonds. The van der Waals surface area contributed by atoms with Crippen LogP contribution in [0.15, 0.2) is 0 Å². The summed E-state index contributed by atoms with van der Waals surface area (Å²) in [6, 6.07) is 0. The second kappa shape index (κ2) is 7.60. The van der Waals surface area contributed by atoms with E-state index in [2.05, 4.69) is 10.6 Å². The molecule has 0 rings (SSSR count). The fourth-order valence-corrected chi connectivity index (χ4v) is 1.06. The van der Waals surface area contributed by atoms with Gasteiger partial charge in [-0.3, -0.25) is 9.59 Å². The van der Waals surface area contributed by atoms with E-state index >= 15 is 0 Å². The Hall–Kier alpha value is -1.79. The highest BCUT2D eigenvalue weighted by Crippen LogP contribution is 2.09.